The predicted molar refractivity (Wildman–Crippen MR) is 88.6 cm³/mol. The summed E-state index contributed by atoms with van der Waals surface area (Å²) in [4.78, 5) is 13.0. The highest BCUT2D eigenvalue weighted by Crippen LogP contribution is 2.72. The third-order valence-electron chi connectivity index (χ3n) is 7.03. The van der Waals surface area contributed by atoms with Gasteiger partial charge in [0.15, 0.2) is 0 Å². The van der Waals surface area contributed by atoms with Gasteiger partial charge in [-0.05, 0) is 54.2 Å². The number of hydrogen-bond acceptors (Lipinski definition) is 2. The molecule has 2 fully saturated rings. The van der Waals surface area contributed by atoms with Gasteiger partial charge >= 0.3 is 0 Å². The maximum atomic E-state index is 13.0. The Bertz CT molecular complexity index is 592. The molecule has 0 radical (unpaired) electrons. The summed E-state index contributed by atoms with van der Waals surface area (Å²) in [7, 11) is 0. The number of hydrogen-bond donors (Lipinski definition) is 2. The number of aliphatic hydroxyl groups excluding tert-OH is 1. The van der Waals surface area contributed by atoms with Crippen molar-refractivity contribution in [1.29, 1.82) is 0 Å². The van der Waals surface area contributed by atoms with E-state index >= 15 is 0 Å². The van der Waals surface area contributed by atoms with Crippen LogP contribution < -0.4 is 5.32 Å². The number of aryl methyl sites for hydroxylation is 1. The van der Waals surface area contributed by atoms with Gasteiger partial charge in [0.05, 0.1) is 11.5 Å². The Labute approximate surface area is 133 Å². The van der Waals surface area contributed by atoms with Crippen LogP contribution in [0.3, 0.4) is 0 Å². The first-order chi connectivity index (χ1) is 10.3. The van der Waals surface area contributed by atoms with E-state index in [0.717, 1.165) is 24.9 Å². The van der Waals surface area contributed by atoms with Gasteiger partial charge in [-0.15, -0.1) is 0 Å². The van der Waals surface area contributed by atoms with E-state index in [9.17, 15) is 9.90 Å². The summed E-state index contributed by atoms with van der Waals surface area (Å²) >= 11 is 0. The minimum atomic E-state index is -0.454. The van der Waals surface area contributed by atoms with E-state index in [1.54, 1.807) is 0 Å². The Morgan fingerprint density at radius 3 is 2.32 bits per heavy atom. The number of fused-ring (bicyclic) bond motifs is 2. The van der Waals surface area contributed by atoms with Crippen LogP contribution in [0.4, 0.5) is 5.69 Å². The summed E-state index contributed by atoms with van der Waals surface area (Å²) in [5, 5.41) is 13.6. The zero-order valence-corrected chi connectivity index (χ0v) is 14.1. The van der Waals surface area contributed by atoms with Crippen LogP contribution in [-0.4, -0.2) is 17.1 Å². The van der Waals surface area contributed by atoms with Gasteiger partial charge in [-0.25, -0.2) is 0 Å². The average molecular weight is 301 g/mol. The number of aliphatic hydroxyl groups is 1. The first kappa shape index (κ1) is 15.5. The number of anilines is 1. The standard InChI is InChI=1S/C19H27NO2/c1-5-13-6-8-14(9-7-13)20-16(22)19-11-10-18(4,15(21)12-19)17(19,2)3/h6-9,15,21H,5,10-12H2,1-4H3,(H,20,22). The number of nitrogens with one attached hydrogen (secondary N) is 1. The van der Waals surface area contributed by atoms with Gasteiger partial charge in [0, 0.05) is 5.69 Å². The molecule has 2 bridgehead atoms. The molecule has 1 aromatic rings. The molecule has 3 atom stereocenters. The highest BCUT2D eigenvalue weighted by molar-refractivity contribution is 5.96. The van der Waals surface area contributed by atoms with Gasteiger partial charge in [0.2, 0.25) is 5.91 Å². The molecule has 3 heteroatoms. The van der Waals surface area contributed by atoms with Crippen molar-refractivity contribution in [2.75, 3.05) is 5.32 Å². The Morgan fingerprint density at radius 1 is 1.23 bits per heavy atom. The summed E-state index contributed by atoms with van der Waals surface area (Å²) in [6.45, 7) is 8.55. The van der Waals surface area contributed by atoms with Crippen molar-refractivity contribution in [3.63, 3.8) is 0 Å². The van der Waals surface area contributed by atoms with Crippen LogP contribution >= 0.6 is 0 Å². The van der Waals surface area contributed by atoms with Crippen molar-refractivity contribution in [1.82, 2.24) is 0 Å². The normalized spacial score (nSPS) is 35.6. The second-order valence-corrected chi connectivity index (χ2v) is 7.85. The van der Waals surface area contributed by atoms with Crippen LogP contribution in [0.5, 0.6) is 0 Å². The Balaban J connectivity index is 1.85. The van der Waals surface area contributed by atoms with Crippen LogP contribution in [0.2, 0.25) is 0 Å². The van der Waals surface area contributed by atoms with E-state index in [0.29, 0.717) is 6.42 Å². The topological polar surface area (TPSA) is 49.3 Å². The predicted octanol–water partition coefficient (Wildman–Crippen LogP) is 3.76. The largest absolute Gasteiger partial charge is 0.393 e. The molecule has 0 aliphatic heterocycles. The Hall–Kier alpha value is -1.35. The maximum Gasteiger partial charge on any atom is 0.231 e. The molecule has 0 heterocycles. The molecule has 0 spiro atoms. The second kappa shape index (κ2) is 4.82. The zero-order valence-electron chi connectivity index (χ0n) is 14.1. The van der Waals surface area contributed by atoms with Crippen molar-refractivity contribution >= 4 is 11.6 Å². The molecule has 3 nitrogen and oxygen atoms in total. The quantitative estimate of drug-likeness (QED) is 0.893. The fourth-order valence-corrected chi connectivity index (χ4v) is 4.70. The SMILES string of the molecule is CCc1ccc(NC(=O)C23CCC(C)(C(O)C2)C3(C)C)cc1. The first-order valence-corrected chi connectivity index (χ1v) is 8.35. The fourth-order valence-electron chi connectivity index (χ4n) is 4.70. The van der Waals surface area contributed by atoms with E-state index < -0.39 is 5.41 Å². The van der Waals surface area contributed by atoms with Crippen LogP contribution in [0.15, 0.2) is 24.3 Å². The maximum absolute atomic E-state index is 13.0. The first-order valence-electron chi connectivity index (χ1n) is 8.35. The second-order valence-electron chi connectivity index (χ2n) is 7.85. The fraction of sp³-hybridized carbons (Fsp3) is 0.632. The molecule has 1 aromatic carbocycles. The lowest BCUT2D eigenvalue weighted by Gasteiger charge is -2.40. The average Bonchev–Trinajstić information content (AvgIpc) is 2.78. The van der Waals surface area contributed by atoms with Crippen LogP contribution in [0, 0.1) is 16.2 Å². The van der Waals surface area contributed by atoms with E-state index in [4.69, 9.17) is 0 Å². The van der Waals surface area contributed by atoms with Crippen molar-refractivity contribution in [3.05, 3.63) is 29.8 Å². The molecule has 2 saturated carbocycles. The van der Waals surface area contributed by atoms with E-state index in [1.165, 1.54) is 5.56 Å². The van der Waals surface area contributed by atoms with Gasteiger partial charge in [-0.1, -0.05) is 39.8 Å². The Morgan fingerprint density at radius 2 is 1.86 bits per heavy atom. The van der Waals surface area contributed by atoms with Gasteiger partial charge in [0.1, 0.15) is 0 Å². The number of carbonyl (C=O) groups is 1. The molecule has 0 aromatic heterocycles. The molecule has 3 unspecified atom stereocenters. The monoisotopic (exact) mass is 301 g/mol. The molecule has 2 N–H and O–H groups in total. The summed E-state index contributed by atoms with van der Waals surface area (Å²) in [6.07, 6.45) is 2.98. The summed E-state index contributed by atoms with van der Waals surface area (Å²) in [6, 6.07) is 8.06. The summed E-state index contributed by atoms with van der Waals surface area (Å²) in [5.74, 6) is 0.0713. The number of amides is 1. The molecular formula is C19H27NO2. The highest BCUT2D eigenvalue weighted by atomic mass is 16.3. The molecular weight excluding hydrogens is 274 g/mol. The third kappa shape index (κ3) is 1.81. The van der Waals surface area contributed by atoms with E-state index in [-0.39, 0.29) is 22.8 Å². The summed E-state index contributed by atoms with van der Waals surface area (Å²) in [5.41, 5.74) is 1.32. The van der Waals surface area contributed by atoms with Crippen LogP contribution in [0.25, 0.3) is 0 Å². The molecule has 1 amide bonds. The number of rotatable bonds is 3. The molecule has 120 valence electrons. The minimum Gasteiger partial charge on any atom is -0.393 e. The van der Waals surface area contributed by atoms with Gasteiger partial charge < -0.3 is 10.4 Å². The van der Waals surface area contributed by atoms with Crippen molar-refractivity contribution in [3.8, 4) is 0 Å². The third-order valence-corrected chi connectivity index (χ3v) is 7.03. The smallest absolute Gasteiger partial charge is 0.231 e. The lowest BCUT2D eigenvalue weighted by molar-refractivity contribution is -0.130. The van der Waals surface area contributed by atoms with E-state index in [1.807, 2.05) is 12.1 Å². The molecule has 22 heavy (non-hydrogen) atoms. The lowest BCUT2D eigenvalue weighted by atomic mass is 9.64. The molecule has 2 aliphatic carbocycles. The minimum absolute atomic E-state index is 0.0713. The van der Waals surface area contributed by atoms with Gasteiger partial charge in [-0.3, -0.25) is 4.79 Å². The number of benzene rings is 1. The van der Waals surface area contributed by atoms with Crippen LogP contribution in [0.1, 0.15) is 52.5 Å². The van der Waals surface area contributed by atoms with Gasteiger partial charge in [-0.2, -0.15) is 0 Å². The molecule has 2 aliphatic rings. The van der Waals surface area contributed by atoms with Crippen molar-refractivity contribution in [2.45, 2.75) is 59.5 Å². The van der Waals surface area contributed by atoms with Crippen molar-refractivity contribution in [2.24, 2.45) is 16.2 Å². The Kier molecular flexibility index (Phi) is 3.41. The lowest BCUT2D eigenvalue weighted by Crippen LogP contribution is -2.43. The molecule has 0 saturated heterocycles. The van der Waals surface area contributed by atoms with Gasteiger partial charge in [0.25, 0.3) is 0 Å². The highest BCUT2D eigenvalue weighted by Gasteiger charge is 2.72. The summed E-state index contributed by atoms with van der Waals surface area (Å²) < 4.78 is 0. The molecule has 3 rings (SSSR count). The van der Waals surface area contributed by atoms with E-state index in [2.05, 4.69) is 45.1 Å². The van der Waals surface area contributed by atoms with Crippen LogP contribution in [-0.2, 0) is 11.2 Å². The van der Waals surface area contributed by atoms with Crippen molar-refractivity contribution < 1.29 is 9.90 Å². The zero-order chi connectivity index (χ0) is 16.2. The number of carbonyl (C=O) groups excluding carboxylic acids is 1.